The SMILES string of the molecule is CCCC1(OC)C(n2cnc3ccccc32)CCC[Si]1(OC)OC. The van der Waals surface area contributed by atoms with E-state index in [1.165, 1.54) is 0 Å². The molecule has 24 heavy (non-hydrogen) atoms. The number of para-hydroxylation sites is 2. The lowest BCUT2D eigenvalue weighted by molar-refractivity contribution is -0.0474. The number of benzene rings is 1. The van der Waals surface area contributed by atoms with E-state index in [4.69, 9.17) is 13.6 Å². The van der Waals surface area contributed by atoms with E-state index < -0.39 is 13.8 Å². The van der Waals surface area contributed by atoms with Gasteiger partial charge in [0.05, 0.1) is 23.4 Å². The fraction of sp³-hybridized carbons (Fsp3) is 0.611. The molecule has 1 aliphatic rings. The molecule has 0 amide bonds. The Balaban J connectivity index is 2.16. The van der Waals surface area contributed by atoms with Crippen LogP contribution in [-0.4, -0.2) is 44.7 Å². The van der Waals surface area contributed by atoms with Crippen LogP contribution in [0.3, 0.4) is 0 Å². The van der Waals surface area contributed by atoms with Crippen molar-refractivity contribution in [2.75, 3.05) is 21.3 Å². The van der Waals surface area contributed by atoms with Crippen molar-refractivity contribution in [3.8, 4) is 0 Å². The first-order valence-electron chi connectivity index (χ1n) is 8.75. The Morgan fingerprint density at radius 1 is 1.25 bits per heavy atom. The van der Waals surface area contributed by atoms with Gasteiger partial charge in [0.1, 0.15) is 5.22 Å². The van der Waals surface area contributed by atoms with Crippen molar-refractivity contribution in [3.05, 3.63) is 30.6 Å². The number of hydrogen-bond acceptors (Lipinski definition) is 4. The molecule has 0 aliphatic carbocycles. The Morgan fingerprint density at radius 3 is 2.67 bits per heavy atom. The molecule has 1 aliphatic heterocycles. The number of imidazole rings is 1. The Labute approximate surface area is 145 Å². The number of hydrogen-bond donors (Lipinski definition) is 0. The number of fused-ring (bicyclic) bond motifs is 1. The lowest BCUT2D eigenvalue weighted by Gasteiger charge is -2.52. The van der Waals surface area contributed by atoms with Crippen LogP contribution in [0.1, 0.15) is 38.6 Å². The second-order valence-corrected chi connectivity index (χ2v) is 10.2. The average molecular weight is 349 g/mol. The van der Waals surface area contributed by atoms with Gasteiger partial charge >= 0.3 is 8.56 Å². The van der Waals surface area contributed by atoms with Crippen LogP contribution in [-0.2, 0) is 13.6 Å². The molecule has 1 aromatic heterocycles. The van der Waals surface area contributed by atoms with Gasteiger partial charge in [-0.15, -0.1) is 0 Å². The van der Waals surface area contributed by atoms with Crippen molar-refractivity contribution in [2.45, 2.75) is 49.9 Å². The van der Waals surface area contributed by atoms with Gasteiger partial charge in [-0.05, 0) is 37.4 Å². The Kier molecular flexibility index (Phi) is 5.10. The Morgan fingerprint density at radius 2 is 2.00 bits per heavy atom. The van der Waals surface area contributed by atoms with Crippen LogP contribution in [0, 0.1) is 0 Å². The quantitative estimate of drug-likeness (QED) is 0.744. The highest BCUT2D eigenvalue weighted by atomic mass is 28.4. The molecular formula is C18H28N2O3Si. The number of methoxy groups -OCH3 is 1. The highest BCUT2D eigenvalue weighted by molar-refractivity contribution is 6.71. The van der Waals surface area contributed by atoms with E-state index in [1.807, 2.05) is 19.5 Å². The maximum atomic E-state index is 6.27. The molecule has 3 rings (SSSR count). The zero-order valence-corrected chi connectivity index (χ0v) is 16.1. The minimum atomic E-state index is -2.51. The van der Waals surface area contributed by atoms with E-state index in [9.17, 15) is 0 Å². The smallest absolute Gasteiger partial charge is 0.372 e. The molecule has 2 heterocycles. The standard InChI is InChI=1S/C18H28N2O3Si/c1-5-12-18(21-2)17(11-8-13-24(18,22-3)23-4)20-14-19-15-9-6-7-10-16(15)20/h6-7,9-10,14,17H,5,8,11-13H2,1-4H3. The lowest BCUT2D eigenvalue weighted by Crippen LogP contribution is -2.68. The molecule has 0 N–H and O–H groups in total. The van der Waals surface area contributed by atoms with Crippen LogP contribution in [0.15, 0.2) is 30.6 Å². The number of ether oxygens (including phenoxy) is 1. The fourth-order valence-electron chi connectivity index (χ4n) is 4.57. The van der Waals surface area contributed by atoms with E-state index in [2.05, 4.69) is 34.7 Å². The van der Waals surface area contributed by atoms with Gasteiger partial charge in [-0.3, -0.25) is 0 Å². The molecule has 2 aromatic rings. The highest BCUT2D eigenvalue weighted by Crippen LogP contribution is 2.49. The normalized spacial score (nSPS) is 26.8. The molecule has 2 unspecified atom stereocenters. The molecular weight excluding hydrogens is 320 g/mol. The molecule has 132 valence electrons. The summed E-state index contributed by atoms with van der Waals surface area (Å²) in [6, 6.07) is 9.42. The van der Waals surface area contributed by atoms with Gasteiger partial charge in [0.25, 0.3) is 0 Å². The molecule has 1 fully saturated rings. The van der Waals surface area contributed by atoms with Crippen molar-refractivity contribution < 1.29 is 13.6 Å². The Bertz CT molecular complexity index is 686. The van der Waals surface area contributed by atoms with Crippen molar-refractivity contribution in [1.29, 1.82) is 0 Å². The average Bonchev–Trinajstić information content (AvgIpc) is 3.05. The monoisotopic (exact) mass is 348 g/mol. The lowest BCUT2D eigenvalue weighted by atomic mass is 9.99. The summed E-state index contributed by atoms with van der Waals surface area (Å²) in [5.74, 6) is 0. The van der Waals surface area contributed by atoms with E-state index in [1.54, 1.807) is 14.2 Å². The van der Waals surface area contributed by atoms with Gasteiger partial charge in [-0.1, -0.05) is 25.5 Å². The summed E-state index contributed by atoms with van der Waals surface area (Å²) in [5, 5.41) is -0.410. The van der Waals surface area contributed by atoms with Crippen LogP contribution in [0.2, 0.25) is 6.04 Å². The molecule has 0 radical (unpaired) electrons. The van der Waals surface area contributed by atoms with Crippen LogP contribution >= 0.6 is 0 Å². The maximum Gasteiger partial charge on any atom is 0.372 e. The molecule has 5 nitrogen and oxygen atoms in total. The van der Waals surface area contributed by atoms with E-state index >= 15 is 0 Å². The van der Waals surface area contributed by atoms with E-state index in [0.717, 1.165) is 42.8 Å². The summed E-state index contributed by atoms with van der Waals surface area (Å²) in [6.07, 6.45) is 6.04. The van der Waals surface area contributed by atoms with Gasteiger partial charge < -0.3 is 18.2 Å². The van der Waals surface area contributed by atoms with Crippen molar-refractivity contribution in [1.82, 2.24) is 9.55 Å². The Hall–Kier alpha value is -1.21. The second kappa shape index (κ2) is 6.96. The van der Waals surface area contributed by atoms with Crippen molar-refractivity contribution in [3.63, 3.8) is 0 Å². The van der Waals surface area contributed by atoms with Crippen LogP contribution in [0.5, 0.6) is 0 Å². The van der Waals surface area contributed by atoms with Crippen LogP contribution in [0.25, 0.3) is 11.0 Å². The molecule has 0 saturated carbocycles. The van der Waals surface area contributed by atoms with Crippen molar-refractivity contribution in [2.24, 2.45) is 0 Å². The predicted octanol–water partition coefficient (Wildman–Crippen LogP) is 3.83. The zero-order valence-electron chi connectivity index (χ0n) is 15.1. The molecule has 0 spiro atoms. The van der Waals surface area contributed by atoms with Gasteiger partial charge in [-0.2, -0.15) is 0 Å². The minimum absolute atomic E-state index is 0.176. The summed E-state index contributed by atoms with van der Waals surface area (Å²) in [6.45, 7) is 2.20. The predicted molar refractivity (Wildman–Crippen MR) is 97.2 cm³/mol. The summed E-state index contributed by atoms with van der Waals surface area (Å²) in [5.41, 5.74) is 2.17. The highest BCUT2D eigenvalue weighted by Gasteiger charge is 2.63. The third-order valence-corrected chi connectivity index (χ3v) is 10.0. The van der Waals surface area contributed by atoms with E-state index in [0.29, 0.717) is 0 Å². The molecule has 0 bridgehead atoms. The number of nitrogens with zero attached hydrogens (tertiary/aromatic N) is 2. The van der Waals surface area contributed by atoms with Gasteiger partial charge in [0.2, 0.25) is 0 Å². The first-order chi connectivity index (χ1) is 11.7. The first kappa shape index (κ1) is 17.6. The molecule has 1 aromatic carbocycles. The number of aromatic nitrogens is 2. The summed E-state index contributed by atoms with van der Waals surface area (Å²) >= 11 is 0. The van der Waals surface area contributed by atoms with Crippen LogP contribution < -0.4 is 0 Å². The van der Waals surface area contributed by atoms with Gasteiger partial charge in [-0.25, -0.2) is 4.98 Å². The minimum Gasteiger partial charge on any atom is -0.396 e. The largest absolute Gasteiger partial charge is 0.396 e. The van der Waals surface area contributed by atoms with E-state index in [-0.39, 0.29) is 6.04 Å². The third-order valence-electron chi connectivity index (χ3n) is 5.63. The summed E-state index contributed by atoms with van der Waals surface area (Å²) in [7, 11) is 2.87. The second-order valence-electron chi connectivity index (χ2n) is 6.55. The summed E-state index contributed by atoms with van der Waals surface area (Å²) < 4.78 is 20.7. The number of rotatable bonds is 6. The first-order valence-corrected chi connectivity index (χ1v) is 10.8. The zero-order chi connectivity index (χ0) is 17.2. The van der Waals surface area contributed by atoms with Gasteiger partial charge in [0.15, 0.2) is 0 Å². The van der Waals surface area contributed by atoms with Gasteiger partial charge in [0, 0.05) is 21.3 Å². The van der Waals surface area contributed by atoms with Crippen LogP contribution in [0.4, 0.5) is 0 Å². The maximum absolute atomic E-state index is 6.27. The fourth-order valence-corrected chi connectivity index (χ4v) is 8.66. The molecule has 1 saturated heterocycles. The summed E-state index contributed by atoms with van der Waals surface area (Å²) in [4.78, 5) is 4.59. The molecule has 6 heteroatoms. The van der Waals surface area contributed by atoms with Crippen molar-refractivity contribution >= 4 is 19.6 Å². The third kappa shape index (κ3) is 2.44. The topological polar surface area (TPSA) is 45.5 Å². The molecule has 2 atom stereocenters.